The molecular formula is C17H23N3O2. The summed E-state index contributed by atoms with van der Waals surface area (Å²) in [7, 11) is 0. The smallest absolute Gasteiger partial charge is 0.254 e. The molecule has 1 fully saturated rings. The summed E-state index contributed by atoms with van der Waals surface area (Å²) in [5.74, 6) is 0.0784. The van der Waals surface area contributed by atoms with Crippen LogP contribution in [0.4, 0.5) is 5.69 Å². The standard InChI is InChI=1S/C17H23N3O2/c1-12-8-9-20(18-12)16-6-4-15(5-7-16)17(21)19-10-13(2)22-14(3)11-19/h4-7,13-14H,8-11H2,1-3H3. The number of carbonyl (C=O) groups is 1. The van der Waals surface area contributed by atoms with Crippen molar-refractivity contribution in [2.24, 2.45) is 5.10 Å². The number of morpholine rings is 1. The predicted octanol–water partition coefficient (Wildman–Crippen LogP) is 2.52. The summed E-state index contributed by atoms with van der Waals surface area (Å²) < 4.78 is 5.68. The molecule has 0 saturated carbocycles. The molecule has 1 aromatic carbocycles. The topological polar surface area (TPSA) is 45.1 Å². The van der Waals surface area contributed by atoms with Gasteiger partial charge in [-0.2, -0.15) is 5.10 Å². The van der Waals surface area contributed by atoms with Gasteiger partial charge in [0.2, 0.25) is 0 Å². The monoisotopic (exact) mass is 301 g/mol. The Morgan fingerprint density at radius 1 is 1.18 bits per heavy atom. The minimum absolute atomic E-state index is 0.0784. The minimum Gasteiger partial charge on any atom is -0.372 e. The Bertz CT molecular complexity index is 572. The van der Waals surface area contributed by atoms with E-state index in [2.05, 4.69) is 5.10 Å². The SMILES string of the molecule is CC1=NN(c2ccc(C(=O)N3CC(C)OC(C)C3)cc2)CC1. The number of benzene rings is 1. The molecule has 2 unspecified atom stereocenters. The predicted molar refractivity (Wildman–Crippen MR) is 87.4 cm³/mol. The second kappa shape index (κ2) is 6.08. The van der Waals surface area contributed by atoms with E-state index in [9.17, 15) is 4.79 Å². The van der Waals surface area contributed by atoms with E-state index in [0.717, 1.165) is 29.9 Å². The maximum absolute atomic E-state index is 12.6. The Morgan fingerprint density at radius 3 is 2.36 bits per heavy atom. The number of rotatable bonds is 2. The fourth-order valence-electron chi connectivity index (χ4n) is 3.06. The molecule has 0 aromatic heterocycles. The van der Waals surface area contributed by atoms with Gasteiger partial charge in [-0.05, 0) is 45.0 Å². The van der Waals surface area contributed by atoms with Gasteiger partial charge in [-0.25, -0.2) is 0 Å². The number of hydrogen-bond acceptors (Lipinski definition) is 4. The van der Waals surface area contributed by atoms with Crippen LogP contribution in [0.15, 0.2) is 29.4 Å². The molecule has 2 atom stereocenters. The van der Waals surface area contributed by atoms with Crippen LogP contribution in [0.3, 0.4) is 0 Å². The first kappa shape index (κ1) is 15.0. The first-order valence-corrected chi connectivity index (χ1v) is 7.89. The molecule has 2 aliphatic heterocycles. The molecule has 1 aromatic rings. The molecule has 0 N–H and O–H groups in total. The van der Waals surface area contributed by atoms with E-state index >= 15 is 0 Å². The van der Waals surface area contributed by atoms with E-state index in [1.54, 1.807) is 0 Å². The van der Waals surface area contributed by atoms with Crippen LogP contribution in [-0.4, -0.2) is 48.4 Å². The molecule has 0 radical (unpaired) electrons. The average Bonchev–Trinajstić information content (AvgIpc) is 2.92. The first-order valence-electron chi connectivity index (χ1n) is 7.89. The Balaban J connectivity index is 1.71. The lowest BCUT2D eigenvalue weighted by Crippen LogP contribution is -2.48. The Labute approximate surface area is 131 Å². The normalized spacial score (nSPS) is 25.3. The van der Waals surface area contributed by atoms with E-state index in [4.69, 9.17) is 4.74 Å². The largest absolute Gasteiger partial charge is 0.372 e. The third-order valence-electron chi connectivity index (χ3n) is 4.10. The van der Waals surface area contributed by atoms with Gasteiger partial charge in [-0.3, -0.25) is 9.80 Å². The highest BCUT2D eigenvalue weighted by atomic mass is 16.5. The van der Waals surface area contributed by atoms with Crippen molar-refractivity contribution in [3.63, 3.8) is 0 Å². The number of hydrazone groups is 1. The zero-order valence-electron chi connectivity index (χ0n) is 13.5. The van der Waals surface area contributed by atoms with Crippen LogP contribution < -0.4 is 5.01 Å². The number of carbonyl (C=O) groups excluding carboxylic acids is 1. The summed E-state index contributed by atoms with van der Waals surface area (Å²) in [5.41, 5.74) is 2.92. The number of hydrogen-bond donors (Lipinski definition) is 0. The summed E-state index contributed by atoms with van der Waals surface area (Å²) in [6.07, 6.45) is 1.19. The summed E-state index contributed by atoms with van der Waals surface area (Å²) in [6, 6.07) is 7.74. The van der Waals surface area contributed by atoms with E-state index in [-0.39, 0.29) is 18.1 Å². The van der Waals surface area contributed by atoms with Crippen LogP contribution in [0.2, 0.25) is 0 Å². The molecule has 22 heavy (non-hydrogen) atoms. The van der Waals surface area contributed by atoms with E-state index in [1.165, 1.54) is 0 Å². The van der Waals surface area contributed by atoms with Gasteiger partial charge < -0.3 is 9.64 Å². The van der Waals surface area contributed by atoms with E-state index in [1.807, 2.05) is 54.9 Å². The average molecular weight is 301 g/mol. The fraction of sp³-hybridized carbons (Fsp3) is 0.529. The van der Waals surface area contributed by atoms with Gasteiger partial charge >= 0.3 is 0 Å². The quantitative estimate of drug-likeness (QED) is 0.843. The molecule has 0 aliphatic carbocycles. The molecule has 2 aliphatic rings. The molecule has 5 heteroatoms. The molecule has 118 valence electrons. The Morgan fingerprint density at radius 2 is 1.82 bits per heavy atom. The Kier molecular flexibility index (Phi) is 4.16. The highest BCUT2D eigenvalue weighted by Crippen LogP contribution is 2.21. The molecule has 2 heterocycles. The highest BCUT2D eigenvalue weighted by molar-refractivity contribution is 5.94. The number of amides is 1. The summed E-state index contributed by atoms with van der Waals surface area (Å²) in [4.78, 5) is 14.5. The number of anilines is 1. The van der Waals surface area contributed by atoms with Crippen molar-refractivity contribution < 1.29 is 9.53 Å². The molecule has 1 saturated heterocycles. The maximum atomic E-state index is 12.6. The number of ether oxygens (including phenoxy) is 1. The minimum atomic E-state index is 0.0784. The van der Waals surface area contributed by atoms with Gasteiger partial charge in [0.15, 0.2) is 0 Å². The van der Waals surface area contributed by atoms with Crippen LogP contribution in [0, 0.1) is 0 Å². The van der Waals surface area contributed by atoms with Crippen LogP contribution in [-0.2, 0) is 4.74 Å². The van der Waals surface area contributed by atoms with E-state index < -0.39 is 0 Å². The molecule has 5 nitrogen and oxygen atoms in total. The van der Waals surface area contributed by atoms with Crippen LogP contribution >= 0.6 is 0 Å². The molecule has 0 spiro atoms. The Hall–Kier alpha value is -1.88. The summed E-state index contributed by atoms with van der Waals surface area (Å²) in [6.45, 7) is 8.27. The molecule has 3 rings (SSSR count). The maximum Gasteiger partial charge on any atom is 0.254 e. The second-order valence-corrected chi connectivity index (χ2v) is 6.22. The van der Waals surface area contributed by atoms with Crippen molar-refractivity contribution in [1.82, 2.24) is 4.90 Å². The number of nitrogens with zero attached hydrogens (tertiary/aromatic N) is 3. The lowest BCUT2D eigenvalue weighted by Gasteiger charge is -2.35. The van der Waals surface area contributed by atoms with Gasteiger partial charge in [-0.15, -0.1) is 0 Å². The van der Waals surface area contributed by atoms with Gasteiger partial charge in [0.25, 0.3) is 5.91 Å². The zero-order valence-corrected chi connectivity index (χ0v) is 13.5. The van der Waals surface area contributed by atoms with Crippen LogP contribution in [0.1, 0.15) is 37.6 Å². The van der Waals surface area contributed by atoms with Crippen molar-refractivity contribution in [3.8, 4) is 0 Å². The van der Waals surface area contributed by atoms with Crippen LogP contribution in [0.25, 0.3) is 0 Å². The van der Waals surface area contributed by atoms with E-state index in [0.29, 0.717) is 13.1 Å². The van der Waals surface area contributed by atoms with Crippen molar-refractivity contribution in [1.29, 1.82) is 0 Å². The van der Waals surface area contributed by atoms with Crippen molar-refractivity contribution in [2.75, 3.05) is 24.6 Å². The second-order valence-electron chi connectivity index (χ2n) is 6.22. The molecule has 1 amide bonds. The van der Waals surface area contributed by atoms with Crippen molar-refractivity contribution >= 4 is 17.3 Å². The highest BCUT2D eigenvalue weighted by Gasteiger charge is 2.26. The summed E-state index contributed by atoms with van der Waals surface area (Å²) >= 11 is 0. The van der Waals surface area contributed by atoms with Crippen molar-refractivity contribution in [3.05, 3.63) is 29.8 Å². The van der Waals surface area contributed by atoms with Gasteiger partial charge in [0.1, 0.15) is 0 Å². The first-order chi connectivity index (χ1) is 10.5. The van der Waals surface area contributed by atoms with Crippen molar-refractivity contribution in [2.45, 2.75) is 39.4 Å². The molecule has 0 bridgehead atoms. The molecular weight excluding hydrogens is 278 g/mol. The third-order valence-corrected chi connectivity index (χ3v) is 4.10. The third kappa shape index (κ3) is 3.14. The lowest BCUT2D eigenvalue weighted by molar-refractivity contribution is -0.0586. The van der Waals surface area contributed by atoms with Crippen LogP contribution in [0.5, 0.6) is 0 Å². The van der Waals surface area contributed by atoms with Gasteiger partial charge in [-0.1, -0.05) is 0 Å². The van der Waals surface area contributed by atoms with Gasteiger partial charge in [0, 0.05) is 37.3 Å². The lowest BCUT2D eigenvalue weighted by atomic mass is 10.1. The fourth-order valence-corrected chi connectivity index (χ4v) is 3.06. The van der Waals surface area contributed by atoms with Gasteiger partial charge in [0.05, 0.1) is 17.9 Å². The summed E-state index contributed by atoms with van der Waals surface area (Å²) in [5, 5.41) is 6.47. The zero-order chi connectivity index (χ0) is 15.7.